The standard InChI is InChI=1S/C20H32O2.C2H5NO/c1-2-3-4-5-6-7-8-9-10-11-12-13-14-15-16-17-18-19-20(21)22;1-2(3)4/h6-7,9-10,12-13,15-16H,2-5,8,11,14,17-19H2,1H3,(H,21,22);1H3,(H2,3,4)/b7-6-,10-9-,13-12-,16-15-;. The molecule has 4 nitrogen and oxygen atoms in total. The van der Waals surface area contributed by atoms with Crippen molar-refractivity contribution >= 4 is 11.9 Å². The van der Waals surface area contributed by atoms with Crippen LogP contribution in [0.15, 0.2) is 48.6 Å². The number of unbranched alkanes of at least 4 members (excludes halogenated alkanes) is 4. The SMILES string of the molecule is CC(N)=O.CCCCC/C=C\C/C=C\C/C=C\C/C=C\CCCC(=O)O. The Morgan fingerprint density at radius 2 is 1.15 bits per heavy atom. The summed E-state index contributed by atoms with van der Waals surface area (Å²) in [7, 11) is 0. The fraction of sp³-hybridized carbons (Fsp3) is 0.545. The van der Waals surface area contributed by atoms with Gasteiger partial charge in [-0.2, -0.15) is 0 Å². The molecule has 0 saturated carbocycles. The van der Waals surface area contributed by atoms with Gasteiger partial charge >= 0.3 is 5.97 Å². The summed E-state index contributed by atoms with van der Waals surface area (Å²) in [6, 6.07) is 0. The maximum atomic E-state index is 10.3. The minimum atomic E-state index is -0.712. The minimum absolute atomic E-state index is 0.262. The molecule has 0 bridgehead atoms. The zero-order valence-electron chi connectivity index (χ0n) is 16.5. The molecule has 0 aromatic carbocycles. The lowest BCUT2D eigenvalue weighted by atomic mass is 10.2. The van der Waals surface area contributed by atoms with Crippen LogP contribution in [0.5, 0.6) is 0 Å². The molecule has 0 fully saturated rings. The third kappa shape index (κ3) is 33.5. The number of carboxylic acids is 1. The summed E-state index contributed by atoms with van der Waals surface area (Å²) < 4.78 is 0. The van der Waals surface area contributed by atoms with E-state index in [0.29, 0.717) is 0 Å². The number of allylic oxidation sites excluding steroid dienone is 8. The topological polar surface area (TPSA) is 80.4 Å². The number of carbonyl (C=O) groups excluding carboxylic acids is 1. The van der Waals surface area contributed by atoms with Crippen molar-refractivity contribution in [3.63, 3.8) is 0 Å². The van der Waals surface area contributed by atoms with Crippen molar-refractivity contribution < 1.29 is 14.7 Å². The van der Waals surface area contributed by atoms with Gasteiger partial charge in [-0.05, 0) is 44.9 Å². The van der Waals surface area contributed by atoms with Crippen LogP contribution in [0.25, 0.3) is 0 Å². The predicted molar refractivity (Wildman–Crippen MR) is 111 cm³/mol. The Balaban J connectivity index is 0. The Hall–Kier alpha value is -2.10. The molecule has 0 radical (unpaired) electrons. The number of aliphatic carboxylic acids is 1. The van der Waals surface area contributed by atoms with Crippen LogP contribution in [0.4, 0.5) is 0 Å². The molecule has 3 N–H and O–H groups in total. The van der Waals surface area contributed by atoms with E-state index in [-0.39, 0.29) is 12.3 Å². The van der Waals surface area contributed by atoms with E-state index in [1.807, 2.05) is 0 Å². The summed E-state index contributed by atoms with van der Waals surface area (Å²) in [5.74, 6) is -1.05. The van der Waals surface area contributed by atoms with Crippen molar-refractivity contribution in [3.8, 4) is 0 Å². The lowest BCUT2D eigenvalue weighted by Gasteiger charge is -1.90. The Morgan fingerprint density at radius 3 is 1.54 bits per heavy atom. The second-order valence-electron chi connectivity index (χ2n) is 5.99. The molecule has 0 atom stereocenters. The molecule has 0 aliphatic rings. The molecule has 0 aliphatic carbocycles. The maximum absolute atomic E-state index is 10.3. The van der Waals surface area contributed by atoms with Gasteiger partial charge in [0, 0.05) is 13.3 Å². The Kier molecular flexibility index (Phi) is 23.0. The molecule has 0 spiro atoms. The third-order valence-electron chi connectivity index (χ3n) is 3.22. The van der Waals surface area contributed by atoms with E-state index in [0.717, 1.165) is 32.1 Å². The largest absolute Gasteiger partial charge is 0.481 e. The van der Waals surface area contributed by atoms with Gasteiger partial charge in [0.25, 0.3) is 0 Å². The van der Waals surface area contributed by atoms with Gasteiger partial charge in [0.05, 0.1) is 0 Å². The first-order chi connectivity index (χ1) is 12.5. The first kappa shape index (κ1) is 26.1. The van der Waals surface area contributed by atoms with Crippen LogP contribution in [-0.4, -0.2) is 17.0 Å². The van der Waals surface area contributed by atoms with Crippen molar-refractivity contribution in [1.82, 2.24) is 0 Å². The molecule has 26 heavy (non-hydrogen) atoms. The van der Waals surface area contributed by atoms with E-state index < -0.39 is 5.97 Å². The summed E-state index contributed by atoms with van der Waals surface area (Å²) >= 11 is 0. The Morgan fingerprint density at radius 1 is 0.769 bits per heavy atom. The van der Waals surface area contributed by atoms with Gasteiger partial charge in [0.15, 0.2) is 0 Å². The Labute approximate surface area is 159 Å². The number of nitrogens with two attached hydrogens (primary N) is 1. The first-order valence-corrected chi connectivity index (χ1v) is 9.58. The molecule has 0 saturated heterocycles. The van der Waals surface area contributed by atoms with Gasteiger partial charge < -0.3 is 10.8 Å². The Bertz CT molecular complexity index is 444. The molecule has 1 amide bonds. The van der Waals surface area contributed by atoms with E-state index >= 15 is 0 Å². The van der Waals surface area contributed by atoms with Crippen LogP contribution in [0.2, 0.25) is 0 Å². The zero-order valence-corrected chi connectivity index (χ0v) is 16.5. The predicted octanol–water partition coefficient (Wildman–Crippen LogP) is 5.71. The highest BCUT2D eigenvalue weighted by atomic mass is 16.4. The highest BCUT2D eigenvalue weighted by Crippen LogP contribution is 2.01. The van der Waals surface area contributed by atoms with Crippen LogP contribution >= 0.6 is 0 Å². The van der Waals surface area contributed by atoms with Gasteiger partial charge in [-0.15, -0.1) is 0 Å². The van der Waals surface area contributed by atoms with E-state index in [4.69, 9.17) is 5.11 Å². The number of hydrogen-bond donors (Lipinski definition) is 2. The first-order valence-electron chi connectivity index (χ1n) is 9.58. The fourth-order valence-corrected chi connectivity index (χ4v) is 1.93. The number of primary amides is 1. The number of amides is 1. The number of hydrogen-bond acceptors (Lipinski definition) is 2. The lowest BCUT2D eigenvalue weighted by molar-refractivity contribution is -0.137. The molecule has 0 rings (SSSR count). The quantitative estimate of drug-likeness (QED) is 0.306. The van der Waals surface area contributed by atoms with Gasteiger partial charge in [-0.3, -0.25) is 9.59 Å². The monoisotopic (exact) mass is 363 g/mol. The smallest absolute Gasteiger partial charge is 0.303 e. The van der Waals surface area contributed by atoms with Crippen molar-refractivity contribution in [2.75, 3.05) is 0 Å². The van der Waals surface area contributed by atoms with Gasteiger partial charge in [-0.1, -0.05) is 68.4 Å². The van der Waals surface area contributed by atoms with Crippen LogP contribution in [0.1, 0.15) is 78.1 Å². The van der Waals surface area contributed by atoms with Crippen LogP contribution in [-0.2, 0) is 9.59 Å². The summed E-state index contributed by atoms with van der Waals surface area (Å²) in [5, 5.41) is 8.49. The van der Waals surface area contributed by atoms with Gasteiger partial charge in [-0.25, -0.2) is 0 Å². The molecule has 148 valence electrons. The second-order valence-corrected chi connectivity index (χ2v) is 5.99. The lowest BCUT2D eigenvalue weighted by Crippen LogP contribution is -2.01. The van der Waals surface area contributed by atoms with Crippen LogP contribution in [0.3, 0.4) is 0 Å². The van der Waals surface area contributed by atoms with Crippen molar-refractivity contribution in [1.29, 1.82) is 0 Å². The summed E-state index contributed by atoms with van der Waals surface area (Å²) in [6.45, 7) is 3.54. The van der Waals surface area contributed by atoms with E-state index in [2.05, 4.69) is 61.3 Å². The van der Waals surface area contributed by atoms with Crippen molar-refractivity contribution in [2.24, 2.45) is 5.73 Å². The highest BCUT2D eigenvalue weighted by Gasteiger charge is 1.92. The second kappa shape index (κ2) is 22.9. The number of carboxylic acid groups (broad SMARTS) is 1. The van der Waals surface area contributed by atoms with Gasteiger partial charge in [0.2, 0.25) is 5.91 Å². The average molecular weight is 364 g/mol. The third-order valence-corrected chi connectivity index (χ3v) is 3.22. The molecular formula is C22H37NO3. The van der Waals surface area contributed by atoms with E-state index in [9.17, 15) is 9.59 Å². The number of rotatable bonds is 14. The molecule has 0 heterocycles. The van der Waals surface area contributed by atoms with Crippen LogP contribution < -0.4 is 5.73 Å². The molecule has 4 heteroatoms. The molecular weight excluding hydrogens is 326 g/mol. The fourth-order valence-electron chi connectivity index (χ4n) is 1.93. The minimum Gasteiger partial charge on any atom is -0.481 e. The van der Waals surface area contributed by atoms with Crippen molar-refractivity contribution in [3.05, 3.63) is 48.6 Å². The maximum Gasteiger partial charge on any atom is 0.303 e. The summed E-state index contributed by atoms with van der Waals surface area (Å²) in [4.78, 5) is 19.5. The summed E-state index contributed by atoms with van der Waals surface area (Å²) in [6.07, 6.45) is 27.3. The highest BCUT2D eigenvalue weighted by molar-refractivity contribution is 5.70. The zero-order chi connectivity index (χ0) is 19.9. The van der Waals surface area contributed by atoms with E-state index in [1.54, 1.807) is 0 Å². The van der Waals surface area contributed by atoms with Crippen molar-refractivity contribution in [2.45, 2.75) is 78.1 Å². The molecule has 0 unspecified atom stereocenters. The molecule has 0 aliphatic heterocycles. The van der Waals surface area contributed by atoms with Gasteiger partial charge in [0.1, 0.15) is 0 Å². The summed E-state index contributed by atoms with van der Waals surface area (Å²) in [5.41, 5.74) is 4.47. The molecule has 0 aromatic heterocycles. The van der Waals surface area contributed by atoms with E-state index in [1.165, 1.54) is 32.6 Å². The van der Waals surface area contributed by atoms with Crippen LogP contribution in [0, 0.1) is 0 Å². The normalized spacial score (nSPS) is 11.5. The average Bonchev–Trinajstić information content (AvgIpc) is 2.57. The number of carbonyl (C=O) groups is 2. The molecule has 0 aromatic rings.